The van der Waals surface area contributed by atoms with E-state index in [2.05, 4.69) is 22.0 Å². The van der Waals surface area contributed by atoms with Crippen LogP contribution in [-0.2, 0) is 5.75 Å². The van der Waals surface area contributed by atoms with E-state index in [9.17, 15) is 0 Å². The fourth-order valence-corrected chi connectivity index (χ4v) is 4.25. The molecule has 1 fully saturated rings. The molecular weight excluding hydrogens is 282 g/mol. The van der Waals surface area contributed by atoms with Gasteiger partial charge in [-0.15, -0.1) is 0 Å². The van der Waals surface area contributed by atoms with Gasteiger partial charge < -0.3 is 5.73 Å². The minimum Gasteiger partial charge on any atom is -0.398 e. The van der Waals surface area contributed by atoms with Crippen molar-refractivity contribution in [3.8, 4) is 0 Å². The second-order valence-electron chi connectivity index (χ2n) is 4.47. The minimum absolute atomic E-state index is 0.910. The van der Waals surface area contributed by atoms with Crippen LogP contribution >= 0.6 is 27.7 Å². The van der Waals surface area contributed by atoms with E-state index in [4.69, 9.17) is 5.73 Å². The quantitative estimate of drug-likeness (QED) is 0.831. The van der Waals surface area contributed by atoms with Gasteiger partial charge in [0.2, 0.25) is 0 Å². The third kappa shape index (κ3) is 3.17. The highest BCUT2D eigenvalue weighted by Gasteiger charge is 2.15. The second-order valence-corrected chi connectivity index (χ2v) is 6.36. The van der Waals surface area contributed by atoms with E-state index in [1.165, 1.54) is 37.0 Å². The first-order valence-electron chi connectivity index (χ1n) is 5.88. The smallest absolute Gasteiger partial charge is 0.0366 e. The highest BCUT2D eigenvalue weighted by Crippen LogP contribution is 2.31. The molecule has 0 saturated heterocycles. The highest BCUT2D eigenvalue weighted by molar-refractivity contribution is 9.10. The van der Waals surface area contributed by atoms with Crippen LogP contribution < -0.4 is 5.73 Å². The lowest BCUT2D eigenvalue weighted by molar-refractivity contribution is 0.623. The maximum absolute atomic E-state index is 5.97. The van der Waals surface area contributed by atoms with Crippen molar-refractivity contribution in [2.45, 2.75) is 31.4 Å². The SMILES string of the molecule is Nc1cccc(Br)c1CSCC1CCCC1. The molecule has 0 heterocycles. The van der Waals surface area contributed by atoms with E-state index in [-0.39, 0.29) is 0 Å². The number of nitrogens with two attached hydrogens (primary N) is 1. The summed E-state index contributed by atoms with van der Waals surface area (Å²) >= 11 is 5.59. The summed E-state index contributed by atoms with van der Waals surface area (Å²) in [6.45, 7) is 0. The molecule has 3 heteroatoms. The fourth-order valence-electron chi connectivity index (χ4n) is 2.23. The summed E-state index contributed by atoms with van der Waals surface area (Å²) in [5, 5.41) is 0. The molecule has 1 saturated carbocycles. The summed E-state index contributed by atoms with van der Waals surface area (Å²) in [5.41, 5.74) is 8.14. The van der Waals surface area contributed by atoms with Gasteiger partial charge in [-0.2, -0.15) is 11.8 Å². The van der Waals surface area contributed by atoms with Gasteiger partial charge in [-0.05, 0) is 42.2 Å². The summed E-state index contributed by atoms with van der Waals surface area (Å²) in [4.78, 5) is 0. The lowest BCUT2D eigenvalue weighted by atomic mass is 10.1. The van der Waals surface area contributed by atoms with Crippen LogP contribution in [0.5, 0.6) is 0 Å². The largest absolute Gasteiger partial charge is 0.398 e. The van der Waals surface area contributed by atoms with E-state index in [1.807, 2.05) is 23.9 Å². The van der Waals surface area contributed by atoms with E-state index in [0.29, 0.717) is 0 Å². The van der Waals surface area contributed by atoms with Gasteiger partial charge in [0.05, 0.1) is 0 Å². The lowest BCUT2D eigenvalue weighted by Crippen LogP contribution is -1.99. The first-order chi connectivity index (χ1) is 7.77. The van der Waals surface area contributed by atoms with Crippen molar-refractivity contribution in [2.75, 3.05) is 11.5 Å². The molecule has 2 rings (SSSR count). The molecule has 1 aliphatic carbocycles. The molecule has 0 radical (unpaired) electrons. The van der Waals surface area contributed by atoms with Gasteiger partial charge in [0.15, 0.2) is 0 Å². The van der Waals surface area contributed by atoms with Gasteiger partial charge in [-0.1, -0.05) is 34.8 Å². The average Bonchev–Trinajstić information content (AvgIpc) is 2.75. The molecule has 0 aromatic heterocycles. The highest BCUT2D eigenvalue weighted by atomic mass is 79.9. The molecule has 0 unspecified atom stereocenters. The zero-order valence-electron chi connectivity index (χ0n) is 9.42. The van der Waals surface area contributed by atoms with Crippen molar-refractivity contribution < 1.29 is 0 Å². The molecule has 0 aliphatic heterocycles. The van der Waals surface area contributed by atoms with E-state index in [1.54, 1.807) is 0 Å². The number of thioether (sulfide) groups is 1. The van der Waals surface area contributed by atoms with Gasteiger partial charge in [-0.3, -0.25) is 0 Å². The molecule has 0 atom stereocenters. The average molecular weight is 300 g/mol. The number of hydrogen-bond acceptors (Lipinski definition) is 2. The number of benzene rings is 1. The molecule has 1 aliphatic rings. The third-order valence-corrected chi connectivity index (χ3v) is 5.17. The standard InChI is InChI=1S/C13H18BrNS/c14-12-6-3-7-13(15)11(12)9-16-8-10-4-1-2-5-10/h3,6-7,10H,1-2,4-5,8-9,15H2. The minimum atomic E-state index is 0.910. The van der Waals surface area contributed by atoms with Gasteiger partial charge >= 0.3 is 0 Å². The summed E-state index contributed by atoms with van der Waals surface area (Å²) in [6.07, 6.45) is 5.72. The number of nitrogen functional groups attached to an aromatic ring is 1. The zero-order valence-corrected chi connectivity index (χ0v) is 11.8. The Balaban J connectivity index is 1.84. The Morgan fingerprint density at radius 3 is 2.75 bits per heavy atom. The first-order valence-corrected chi connectivity index (χ1v) is 7.83. The Hall–Kier alpha value is -0.150. The van der Waals surface area contributed by atoms with Gasteiger partial charge in [0, 0.05) is 15.9 Å². The monoisotopic (exact) mass is 299 g/mol. The first kappa shape index (κ1) is 12.3. The predicted molar refractivity (Wildman–Crippen MR) is 76.7 cm³/mol. The van der Waals surface area contributed by atoms with Crippen molar-refractivity contribution in [3.63, 3.8) is 0 Å². The van der Waals surface area contributed by atoms with Crippen molar-refractivity contribution in [3.05, 3.63) is 28.2 Å². The molecule has 16 heavy (non-hydrogen) atoms. The Bertz CT molecular complexity index is 328. The van der Waals surface area contributed by atoms with Crippen LogP contribution in [0.25, 0.3) is 0 Å². The van der Waals surface area contributed by atoms with E-state index in [0.717, 1.165) is 21.8 Å². The maximum Gasteiger partial charge on any atom is 0.0366 e. The van der Waals surface area contributed by atoms with Crippen molar-refractivity contribution in [1.29, 1.82) is 0 Å². The maximum atomic E-state index is 5.97. The molecule has 1 aromatic carbocycles. The topological polar surface area (TPSA) is 26.0 Å². The molecule has 2 N–H and O–H groups in total. The van der Waals surface area contributed by atoms with E-state index < -0.39 is 0 Å². The zero-order chi connectivity index (χ0) is 11.4. The number of rotatable bonds is 4. The number of anilines is 1. The summed E-state index contributed by atoms with van der Waals surface area (Å²) in [6, 6.07) is 6.04. The normalized spacial score (nSPS) is 16.8. The second kappa shape index (κ2) is 5.97. The fraction of sp³-hybridized carbons (Fsp3) is 0.538. The molecule has 0 bridgehead atoms. The number of hydrogen-bond donors (Lipinski definition) is 1. The number of halogens is 1. The predicted octanol–water partition coefficient (Wildman–Crippen LogP) is 4.45. The van der Waals surface area contributed by atoms with Crippen LogP contribution in [0.2, 0.25) is 0 Å². The molecule has 1 nitrogen and oxygen atoms in total. The van der Waals surface area contributed by atoms with Gasteiger partial charge in [-0.25, -0.2) is 0 Å². The van der Waals surface area contributed by atoms with E-state index >= 15 is 0 Å². The van der Waals surface area contributed by atoms with Crippen LogP contribution in [0, 0.1) is 5.92 Å². The van der Waals surface area contributed by atoms with Crippen molar-refractivity contribution in [1.82, 2.24) is 0 Å². The van der Waals surface area contributed by atoms with Crippen molar-refractivity contribution >= 4 is 33.4 Å². The molecule has 88 valence electrons. The third-order valence-electron chi connectivity index (χ3n) is 3.23. The van der Waals surface area contributed by atoms with Crippen LogP contribution in [0.15, 0.2) is 22.7 Å². The van der Waals surface area contributed by atoms with Crippen LogP contribution in [0.3, 0.4) is 0 Å². The summed E-state index contributed by atoms with van der Waals surface area (Å²) < 4.78 is 1.14. The van der Waals surface area contributed by atoms with Crippen LogP contribution in [0.4, 0.5) is 5.69 Å². The lowest BCUT2D eigenvalue weighted by Gasteiger charge is -2.10. The van der Waals surface area contributed by atoms with Gasteiger partial charge in [0.25, 0.3) is 0 Å². The summed E-state index contributed by atoms with van der Waals surface area (Å²) in [5.74, 6) is 3.28. The Kier molecular flexibility index (Phi) is 4.59. The van der Waals surface area contributed by atoms with Crippen LogP contribution in [0.1, 0.15) is 31.2 Å². The Morgan fingerprint density at radius 1 is 1.31 bits per heavy atom. The molecule has 1 aromatic rings. The summed E-state index contributed by atoms with van der Waals surface area (Å²) in [7, 11) is 0. The molecular formula is C13H18BrNS. The Morgan fingerprint density at radius 2 is 2.06 bits per heavy atom. The molecule has 0 amide bonds. The van der Waals surface area contributed by atoms with Crippen LogP contribution in [-0.4, -0.2) is 5.75 Å². The Labute approximate surface area is 110 Å². The van der Waals surface area contributed by atoms with Crippen molar-refractivity contribution in [2.24, 2.45) is 5.92 Å². The van der Waals surface area contributed by atoms with Gasteiger partial charge in [0.1, 0.15) is 0 Å². The molecule has 0 spiro atoms.